The molecule has 31 heavy (non-hydrogen) atoms. The van der Waals surface area contributed by atoms with Gasteiger partial charge in [-0.1, -0.05) is 30.3 Å². The number of rotatable bonds is 10. The Kier molecular flexibility index (Phi) is 8.35. The molecule has 1 aliphatic rings. The van der Waals surface area contributed by atoms with Crippen LogP contribution in [0, 0.1) is 0 Å². The number of carbonyl (C=O) groups excluding carboxylic acids is 4. The van der Waals surface area contributed by atoms with E-state index in [-0.39, 0.29) is 24.9 Å². The van der Waals surface area contributed by atoms with Crippen molar-refractivity contribution in [2.45, 2.75) is 31.4 Å². The molecule has 0 bridgehead atoms. The van der Waals surface area contributed by atoms with E-state index in [0.29, 0.717) is 6.42 Å². The number of carbonyl (C=O) groups is 4. The van der Waals surface area contributed by atoms with Gasteiger partial charge in [0.15, 0.2) is 0 Å². The molecule has 0 saturated heterocycles. The van der Waals surface area contributed by atoms with E-state index in [2.05, 4.69) is 5.32 Å². The molecule has 1 aromatic carbocycles. The number of benzene rings is 1. The maximum absolute atomic E-state index is 13.7. The van der Waals surface area contributed by atoms with E-state index in [9.17, 15) is 32.3 Å². The molecule has 0 fully saturated rings. The summed E-state index contributed by atoms with van der Waals surface area (Å²) >= 11 is 0. The van der Waals surface area contributed by atoms with Crippen molar-refractivity contribution in [3.05, 3.63) is 48.0 Å². The number of nitrogens with zero attached hydrogens (tertiary/aromatic N) is 2. The van der Waals surface area contributed by atoms with E-state index in [1.54, 1.807) is 6.07 Å². The molecule has 1 atom stereocenters. The molecule has 7 nitrogen and oxygen atoms in total. The molecule has 0 aliphatic carbocycles. The van der Waals surface area contributed by atoms with Gasteiger partial charge in [-0.2, -0.15) is 13.2 Å². The molecular weight excluding hydrogens is 415 g/mol. The van der Waals surface area contributed by atoms with Gasteiger partial charge in [0.1, 0.15) is 0 Å². The molecule has 1 N–H and O–H groups in total. The zero-order valence-corrected chi connectivity index (χ0v) is 17.0. The topological polar surface area (TPSA) is 86.8 Å². The molecule has 2 rings (SSSR count). The Bertz CT molecular complexity index is 822. The van der Waals surface area contributed by atoms with Crippen molar-refractivity contribution in [1.82, 2.24) is 15.1 Å². The number of nitrogens with one attached hydrogen (secondary N) is 1. The fourth-order valence-corrected chi connectivity index (χ4v) is 3.17. The standard InChI is InChI=1S/C21H24F3N3O4/c1-25-17(28)14-26(13-16(21(22,23)24)15-7-3-2-4-8-15)18(29)9-5-6-12-27-19(30)10-11-20(27)31/h2-4,7-8,10-11,16H,5-6,9,12-14H2,1H3,(H,25,28). The molecule has 10 heteroatoms. The van der Waals surface area contributed by atoms with Gasteiger partial charge in [-0.3, -0.25) is 24.1 Å². The van der Waals surface area contributed by atoms with Crippen LogP contribution >= 0.6 is 0 Å². The quantitative estimate of drug-likeness (QED) is 0.446. The van der Waals surface area contributed by atoms with Crippen LogP contribution in [-0.4, -0.2) is 66.3 Å². The highest BCUT2D eigenvalue weighted by atomic mass is 19.4. The smallest absolute Gasteiger partial charge is 0.358 e. The maximum atomic E-state index is 13.7. The monoisotopic (exact) mass is 439 g/mol. The Balaban J connectivity index is 2.02. The lowest BCUT2D eigenvalue weighted by molar-refractivity contribution is -0.159. The molecule has 1 heterocycles. The van der Waals surface area contributed by atoms with Gasteiger partial charge < -0.3 is 10.2 Å². The lowest BCUT2D eigenvalue weighted by Crippen LogP contribution is -2.44. The van der Waals surface area contributed by atoms with E-state index in [4.69, 9.17) is 0 Å². The SMILES string of the molecule is CNC(=O)CN(CC(c1ccccc1)C(F)(F)F)C(=O)CCCCN1C(=O)C=CC1=O. The van der Waals surface area contributed by atoms with Crippen LogP contribution in [0.25, 0.3) is 0 Å². The Morgan fingerprint density at radius 3 is 2.23 bits per heavy atom. The Hall–Kier alpha value is -3.17. The highest BCUT2D eigenvalue weighted by Gasteiger charge is 2.42. The van der Waals surface area contributed by atoms with Gasteiger partial charge in [0.25, 0.3) is 11.8 Å². The van der Waals surface area contributed by atoms with E-state index < -0.39 is 48.8 Å². The second kappa shape index (κ2) is 10.7. The lowest BCUT2D eigenvalue weighted by Gasteiger charge is -2.29. The first-order valence-corrected chi connectivity index (χ1v) is 9.77. The summed E-state index contributed by atoms with van der Waals surface area (Å²) in [5.74, 6) is -4.00. The summed E-state index contributed by atoms with van der Waals surface area (Å²) in [6.45, 7) is -1.07. The van der Waals surface area contributed by atoms with Gasteiger partial charge in [0.05, 0.1) is 12.5 Å². The number of imide groups is 1. The van der Waals surface area contributed by atoms with Crippen molar-refractivity contribution >= 4 is 23.6 Å². The van der Waals surface area contributed by atoms with Crippen molar-refractivity contribution in [2.75, 3.05) is 26.7 Å². The van der Waals surface area contributed by atoms with Crippen LogP contribution in [0.2, 0.25) is 0 Å². The molecule has 0 radical (unpaired) electrons. The average Bonchev–Trinajstić information content (AvgIpc) is 3.05. The predicted octanol–water partition coefficient (Wildman–Crippen LogP) is 2.00. The van der Waals surface area contributed by atoms with Crippen LogP contribution in [0.5, 0.6) is 0 Å². The molecular formula is C21H24F3N3O4. The van der Waals surface area contributed by atoms with Crippen molar-refractivity contribution in [3.8, 4) is 0 Å². The van der Waals surface area contributed by atoms with Crippen molar-refractivity contribution < 1.29 is 32.3 Å². The Morgan fingerprint density at radius 1 is 1.06 bits per heavy atom. The van der Waals surface area contributed by atoms with Gasteiger partial charge >= 0.3 is 6.18 Å². The number of unbranched alkanes of at least 4 members (excludes halogenated alkanes) is 1. The van der Waals surface area contributed by atoms with E-state index >= 15 is 0 Å². The third kappa shape index (κ3) is 6.94. The summed E-state index contributed by atoms with van der Waals surface area (Å²) in [6.07, 6.45) is -1.84. The normalized spacial score (nSPS) is 14.6. The molecule has 168 valence electrons. The van der Waals surface area contributed by atoms with Crippen LogP contribution in [-0.2, 0) is 19.2 Å². The van der Waals surface area contributed by atoms with Gasteiger partial charge in [-0.15, -0.1) is 0 Å². The summed E-state index contributed by atoms with van der Waals surface area (Å²) in [5.41, 5.74) is 0.00302. The van der Waals surface area contributed by atoms with Gasteiger partial charge in [0, 0.05) is 38.7 Å². The van der Waals surface area contributed by atoms with Crippen LogP contribution in [0.4, 0.5) is 13.2 Å². The molecule has 4 amide bonds. The van der Waals surface area contributed by atoms with Gasteiger partial charge in [-0.05, 0) is 18.4 Å². The summed E-state index contributed by atoms with van der Waals surface area (Å²) in [5, 5.41) is 2.31. The number of hydrogen-bond acceptors (Lipinski definition) is 4. The van der Waals surface area contributed by atoms with E-state index in [1.165, 1.54) is 31.3 Å². The number of halogens is 3. The predicted molar refractivity (Wildman–Crippen MR) is 106 cm³/mol. The van der Waals surface area contributed by atoms with Crippen LogP contribution in [0.15, 0.2) is 42.5 Å². The van der Waals surface area contributed by atoms with E-state index in [0.717, 1.165) is 22.0 Å². The Labute approximate surface area is 177 Å². The third-order valence-electron chi connectivity index (χ3n) is 4.89. The van der Waals surface area contributed by atoms with Crippen LogP contribution in [0.3, 0.4) is 0 Å². The second-order valence-electron chi connectivity index (χ2n) is 7.07. The van der Waals surface area contributed by atoms with E-state index in [1.807, 2.05) is 0 Å². The first kappa shape index (κ1) is 24.1. The Morgan fingerprint density at radius 2 is 1.68 bits per heavy atom. The minimum Gasteiger partial charge on any atom is -0.358 e. The minimum atomic E-state index is -4.61. The molecule has 1 aromatic rings. The zero-order chi connectivity index (χ0) is 23.0. The largest absolute Gasteiger partial charge is 0.397 e. The van der Waals surface area contributed by atoms with Crippen molar-refractivity contribution in [1.29, 1.82) is 0 Å². The number of amides is 4. The highest BCUT2D eigenvalue weighted by molar-refractivity contribution is 6.12. The van der Waals surface area contributed by atoms with Gasteiger partial charge in [-0.25, -0.2) is 0 Å². The molecule has 0 aromatic heterocycles. The highest BCUT2D eigenvalue weighted by Crippen LogP contribution is 2.35. The van der Waals surface area contributed by atoms with Crippen LogP contribution < -0.4 is 5.32 Å². The summed E-state index contributed by atoms with van der Waals surface area (Å²) in [4.78, 5) is 49.4. The fraction of sp³-hybridized carbons (Fsp3) is 0.429. The summed E-state index contributed by atoms with van der Waals surface area (Å²) in [7, 11) is 1.33. The second-order valence-corrected chi connectivity index (χ2v) is 7.07. The molecule has 0 spiro atoms. The summed E-state index contributed by atoms with van der Waals surface area (Å²) in [6, 6.07) is 7.22. The molecule has 0 saturated carbocycles. The molecule has 1 unspecified atom stereocenters. The number of hydrogen-bond donors (Lipinski definition) is 1. The third-order valence-corrected chi connectivity index (χ3v) is 4.89. The first-order chi connectivity index (χ1) is 14.6. The number of alkyl halides is 3. The maximum Gasteiger partial charge on any atom is 0.397 e. The summed E-state index contributed by atoms with van der Waals surface area (Å²) < 4.78 is 41.1. The van der Waals surface area contributed by atoms with Crippen molar-refractivity contribution in [3.63, 3.8) is 0 Å². The minimum absolute atomic E-state index is 0.00302. The van der Waals surface area contributed by atoms with Crippen LogP contribution in [0.1, 0.15) is 30.7 Å². The average molecular weight is 439 g/mol. The van der Waals surface area contributed by atoms with Gasteiger partial charge in [0.2, 0.25) is 11.8 Å². The first-order valence-electron chi connectivity index (χ1n) is 9.77. The van der Waals surface area contributed by atoms with Crippen molar-refractivity contribution in [2.24, 2.45) is 0 Å². The lowest BCUT2D eigenvalue weighted by atomic mass is 9.97. The molecule has 1 aliphatic heterocycles. The number of likely N-dealkylation sites (N-methyl/N-ethyl adjacent to an activating group) is 1. The fourth-order valence-electron chi connectivity index (χ4n) is 3.17. The zero-order valence-electron chi connectivity index (χ0n) is 17.0.